The van der Waals surface area contributed by atoms with Crippen LogP contribution in [-0.4, -0.2) is 24.5 Å². The van der Waals surface area contributed by atoms with Crippen molar-refractivity contribution in [2.45, 2.75) is 0 Å². The zero-order valence-electron chi connectivity index (χ0n) is 7.88. The molecule has 0 amide bonds. The van der Waals surface area contributed by atoms with Crippen LogP contribution in [0, 0.1) is 11.6 Å². The van der Waals surface area contributed by atoms with Gasteiger partial charge in [-0.25, -0.2) is 8.78 Å². The number of Topliss-reactive ketones (excluding diaryl/α,β-unsaturated/α-hetero) is 1. The van der Waals surface area contributed by atoms with Crippen LogP contribution in [0.25, 0.3) is 0 Å². The number of carbonyl (C=O) groups is 1. The fraction of sp³-hybridized carbons (Fsp3) is 0.222. The Morgan fingerprint density at radius 3 is 2.67 bits per heavy atom. The van der Waals surface area contributed by atoms with Crippen molar-refractivity contribution < 1.29 is 23.4 Å². The standard InChI is InChI=1S/C9H9F2NO3/c1-15-6-2-4(10)8(11)7(9(6)14)5(13)3-12/h2,14H,3,12H2,1H3. The largest absolute Gasteiger partial charge is 0.504 e. The highest BCUT2D eigenvalue weighted by Gasteiger charge is 2.23. The van der Waals surface area contributed by atoms with E-state index in [1.807, 2.05) is 0 Å². The number of ketones is 1. The molecule has 82 valence electrons. The van der Waals surface area contributed by atoms with Gasteiger partial charge in [0.15, 0.2) is 28.9 Å². The van der Waals surface area contributed by atoms with Crippen molar-refractivity contribution in [2.75, 3.05) is 13.7 Å². The minimum absolute atomic E-state index is 0.314. The van der Waals surface area contributed by atoms with Crippen LogP contribution in [0.3, 0.4) is 0 Å². The maximum absolute atomic E-state index is 13.1. The topological polar surface area (TPSA) is 72.5 Å². The number of carbonyl (C=O) groups excluding carboxylic acids is 1. The molecule has 0 atom stereocenters. The van der Waals surface area contributed by atoms with Gasteiger partial charge in [-0.2, -0.15) is 0 Å². The van der Waals surface area contributed by atoms with Crippen LogP contribution in [-0.2, 0) is 0 Å². The monoisotopic (exact) mass is 217 g/mol. The van der Waals surface area contributed by atoms with Gasteiger partial charge in [-0.05, 0) is 0 Å². The number of hydrogen-bond acceptors (Lipinski definition) is 4. The smallest absolute Gasteiger partial charge is 0.183 e. The molecule has 0 saturated heterocycles. The van der Waals surface area contributed by atoms with Gasteiger partial charge in [0, 0.05) is 6.07 Å². The number of ether oxygens (including phenoxy) is 1. The van der Waals surface area contributed by atoms with E-state index < -0.39 is 35.3 Å². The van der Waals surface area contributed by atoms with Gasteiger partial charge in [0.25, 0.3) is 0 Å². The van der Waals surface area contributed by atoms with E-state index in [-0.39, 0.29) is 5.75 Å². The van der Waals surface area contributed by atoms with Crippen LogP contribution in [0.2, 0.25) is 0 Å². The summed E-state index contributed by atoms with van der Waals surface area (Å²) in [6.45, 7) is -0.531. The molecule has 0 bridgehead atoms. The third-order valence-corrected chi connectivity index (χ3v) is 1.84. The Bertz CT molecular complexity index is 407. The number of rotatable bonds is 3. The molecule has 3 N–H and O–H groups in total. The van der Waals surface area contributed by atoms with E-state index in [0.29, 0.717) is 6.07 Å². The van der Waals surface area contributed by atoms with Gasteiger partial charge in [-0.1, -0.05) is 0 Å². The van der Waals surface area contributed by atoms with Crippen molar-refractivity contribution in [1.82, 2.24) is 0 Å². The summed E-state index contributed by atoms with van der Waals surface area (Å²) in [6, 6.07) is 0.651. The molecule has 1 aromatic rings. The highest BCUT2D eigenvalue weighted by Crippen LogP contribution is 2.33. The molecule has 0 aliphatic heterocycles. The number of methoxy groups -OCH3 is 1. The molecule has 1 aromatic carbocycles. The Hall–Kier alpha value is -1.69. The zero-order valence-corrected chi connectivity index (χ0v) is 7.88. The van der Waals surface area contributed by atoms with Crippen LogP contribution in [0.1, 0.15) is 10.4 Å². The van der Waals surface area contributed by atoms with E-state index in [2.05, 4.69) is 4.74 Å². The fourth-order valence-electron chi connectivity index (χ4n) is 1.11. The van der Waals surface area contributed by atoms with E-state index >= 15 is 0 Å². The van der Waals surface area contributed by atoms with Gasteiger partial charge in [-0.15, -0.1) is 0 Å². The third-order valence-electron chi connectivity index (χ3n) is 1.84. The van der Waals surface area contributed by atoms with Crippen molar-refractivity contribution in [1.29, 1.82) is 0 Å². The molecule has 0 radical (unpaired) electrons. The number of halogens is 2. The lowest BCUT2D eigenvalue weighted by atomic mass is 10.1. The molecule has 0 heterocycles. The molecule has 0 saturated carbocycles. The highest BCUT2D eigenvalue weighted by molar-refractivity contribution is 6.00. The number of aromatic hydroxyl groups is 1. The summed E-state index contributed by atoms with van der Waals surface area (Å²) >= 11 is 0. The minimum atomic E-state index is -1.43. The Morgan fingerprint density at radius 1 is 1.60 bits per heavy atom. The summed E-state index contributed by atoms with van der Waals surface area (Å²) in [7, 11) is 1.16. The van der Waals surface area contributed by atoms with E-state index in [4.69, 9.17) is 5.73 Å². The van der Waals surface area contributed by atoms with Gasteiger partial charge >= 0.3 is 0 Å². The van der Waals surface area contributed by atoms with Crippen LogP contribution in [0.15, 0.2) is 6.07 Å². The number of phenols is 1. The lowest BCUT2D eigenvalue weighted by Gasteiger charge is -2.09. The van der Waals surface area contributed by atoms with Crippen molar-refractivity contribution in [3.05, 3.63) is 23.3 Å². The van der Waals surface area contributed by atoms with Gasteiger partial charge in [0.2, 0.25) is 0 Å². The SMILES string of the molecule is COc1cc(F)c(F)c(C(=O)CN)c1O. The summed E-state index contributed by atoms with van der Waals surface area (Å²) in [5, 5.41) is 9.39. The summed E-state index contributed by atoms with van der Waals surface area (Å²) in [4.78, 5) is 11.1. The normalized spacial score (nSPS) is 10.1. The Balaban J connectivity index is 3.47. The maximum atomic E-state index is 13.1. The predicted molar refractivity (Wildman–Crippen MR) is 48.0 cm³/mol. The molecule has 4 nitrogen and oxygen atoms in total. The van der Waals surface area contributed by atoms with Gasteiger partial charge in [0.1, 0.15) is 5.56 Å². The van der Waals surface area contributed by atoms with Crippen molar-refractivity contribution >= 4 is 5.78 Å². The van der Waals surface area contributed by atoms with Crippen LogP contribution < -0.4 is 10.5 Å². The molecular formula is C9H9F2NO3. The number of phenolic OH excluding ortho intramolecular Hbond substituents is 1. The predicted octanol–water partition coefficient (Wildman–Crippen LogP) is 0.820. The Kier molecular flexibility index (Phi) is 3.21. The van der Waals surface area contributed by atoms with Gasteiger partial charge in [-0.3, -0.25) is 4.79 Å². The van der Waals surface area contributed by atoms with Crippen LogP contribution in [0.4, 0.5) is 8.78 Å². The van der Waals surface area contributed by atoms with E-state index in [1.165, 1.54) is 0 Å². The van der Waals surface area contributed by atoms with E-state index in [1.54, 1.807) is 0 Å². The first-order valence-electron chi connectivity index (χ1n) is 4.01. The maximum Gasteiger partial charge on any atom is 0.183 e. The van der Waals surface area contributed by atoms with Crippen LogP contribution in [0.5, 0.6) is 11.5 Å². The second-order valence-electron chi connectivity index (χ2n) is 2.73. The molecule has 1 rings (SSSR count). The second-order valence-corrected chi connectivity index (χ2v) is 2.73. The summed E-state index contributed by atoms with van der Waals surface area (Å²) in [5.41, 5.74) is 4.21. The molecule has 0 aliphatic carbocycles. The minimum Gasteiger partial charge on any atom is -0.504 e. The summed E-state index contributed by atoms with van der Waals surface area (Å²) in [5.74, 6) is -4.66. The molecule has 0 unspecified atom stereocenters. The van der Waals surface area contributed by atoms with Crippen molar-refractivity contribution in [3.63, 3.8) is 0 Å². The highest BCUT2D eigenvalue weighted by atomic mass is 19.2. The first-order chi connectivity index (χ1) is 7.02. The number of benzene rings is 1. The Morgan fingerprint density at radius 2 is 2.20 bits per heavy atom. The Labute approximate surface area is 84.3 Å². The molecule has 0 fully saturated rings. The summed E-state index contributed by atoms with van der Waals surface area (Å²) in [6.07, 6.45) is 0. The molecule has 0 aromatic heterocycles. The van der Waals surface area contributed by atoms with Gasteiger partial charge < -0.3 is 15.6 Å². The number of nitrogens with two attached hydrogens (primary N) is 1. The molecule has 15 heavy (non-hydrogen) atoms. The average Bonchev–Trinajstić information content (AvgIpc) is 2.23. The third kappa shape index (κ3) is 1.89. The average molecular weight is 217 g/mol. The van der Waals surface area contributed by atoms with Crippen molar-refractivity contribution in [3.8, 4) is 11.5 Å². The number of hydrogen-bond donors (Lipinski definition) is 2. The van der Waals surface area contributed by atoms with Crippen LogP contribution >= 0.6 is 0 Å². The van der Waals surface area contributed by atoms with Crippen molar-refractivity contribution in [2.24, 2.45) is 5.73 Å². The van der Waals surface area contributed by atoms with Gasteiger partial charge in [0.05, 0.1) is 13.7 Å². The van der Waals surface area contributed by atoms with E-state index in [0.717, 1.165) is 7.11 Å². The quantitative estimate of drug-likeness (QED) is 0.735. The lowest BCUT2D eigenvalue weighted by molar-refractivity contribution is 0.0993. The first-order valence-corrected chi connectivity index (χ1v) is 4.01. The lowest BCUT2D eigenvalue weighted by Crippen LogP contribution is -2.16. The molecule has 6 heteroatoms. The first kappa shape index (κ1) is 11.4. The second kappa shape index (κ2) is 4.22. The summed E-state index contributed by atoms with van der Waals surface area (Å²) < 4.78 is 30.7. The molecular weight excluding hydrogens is 208 g/mol. The fourth-order valence-corrected chi connectivity index (χ4v) is 1.11. The molecule has 0 aliphatic rings. The molecule has 0 spiro atoms. The van der Waals surface area contributed by atoms with E-state index in [9.17, 15) is 18.7 Å². The zero-order chi connectivity index (χ0) is 11.6.